The minimum atomic E-state index is -4.58. The smallest absolute Gasteiger partial charge is 0.268 e. The molecule has 3 atom stereocenters. The molecule has 3 unspecified atom stereocenters. The molecular weight excluding hydrogens is 611 g/mol. The third-order valence-corrected chi connectivity index (χ3v) is 9.04. The molecule has 0 saturated heterocycles. The largest absolute Gasteiger partial charge is 0.756 e. The van der Waals surface area contributed by atoms with Gasteiger partial charge in [-0.25, -0.2) is 0 Å². The van der Waals surface area contributed by atoms with Crippen molar-refractivity contribution < 1.29 is 32.9 Å². The van der Waals surface area contributed by atoms with E-state index in [0.717, 1.165) is 44.9 Å². The number of aliphatic hydroxyl groups is 1. The molecule has 8 nitrogen and oxygen atoms in total. The topological polar surface area (TPSA) is 108 Å². The van der Waals surface area contributed by atoms with Crippen LogP contribution in [0, 0.1) is 0 Å². The third kappa shape index (κ3) is 33.0. The molecular formula is C38H73N2O6P. The quantitative estimate of drug-likeness (QED) is 0.0309. The number of unbranched alkanes of at least 4 members (excludes halogenated alkanes) is 16. The number of nitrogens with one attached hydrogen (secondary N) is 1. The van der Waals surface area contributed by atoms with E-state index in [1.807, 2.05) is 27.2 Å². The van der Waals surface area contributed by atoms with Gasteiger partial charge in [-0.1, -0.05) is 134 Å². The number of rotatable bonds is 33. The number of aliphatic hydroxyl groups excluding tert-OH is 1. The minimum absolute atomic E-state index is 0.00857. The molecule has 2 N–H and O–H groups in total. The number of likely N-dealkylation sites (N-methyl/N-ethyl adjacent to an activating group) is 1. The Balaban J connectivity index is 4.62. The Morgan fingerprint density at radius 3 is 1.72 bits per heavy atom. The Morgan fingerprint density at radius 1 is 0.723 bits per heavy atom. The lowest BCUT2D eigenvalue weighted by Gasteiger charge is -2.29. The molecule has 0 aromatic carbocycles. The Labute approximate surface area is 289 Å². The predicted molar refractivity (Wildman–Crippen MR) is 196 cm³/mol. The van der Waals surface area contributed by atoms with Crippen LogP contribution in [0.3, 0.4) is 0 Å². The number of carbonyl (C=O) groups is 1. The zero-order chi connectivity index (χ0) is 35.1. The molecule has 0 aliphatic carbocycles. The number of nitrogens with zero attached hydrogens (tertiary/aromatic N) is 1. The van der Waals surface area contributed by atoms with Gasteiger partial charge in [0.2, 0.25) is 5.91 Å². The van der Waals surface area contributed by atoms with Crippen LogP contribution in [0.5, 0.6) is 0 Å². The fraction of sp³-hybridized carbons (Fsp3) is 0.816. The van der Waals surface area contributed by atoms with Crippen molar-refractivity contribution in [3.8, 4) is 0 Å². The van der Waals surface area contributed by atoms with Gasteiger partial charge in [-0.2, -0.15) is 0 Å². The van der Waals surface area contributed by atoms with Crippen LogP contribution in [-0.2, 0) is 18.4 Å². The standard InChI is InChI=1S/C38H73N2O6P/c1-6-8-10-12-14-16-17-18-19-20-21-22-24-25-27-29-31-37(41)36(35-46-47(43,44)45-34-33-40(3,4)5)39-38(42)32-30-28-26-23-15-13-11-9-7-2/h18-19,22,24,29,31,36-37,41H,6-17,20-21,23,25-28,30,32-35H2,1-5H3,(H-,39,42,43,44)/b19-18+,24-22+,31-29+. The van der Waals surface area contributed by atoms with Crippen molar-refractivity contribution in [3.63, 3.8) is 0 Å². The minimum Gasteiger partial charge on any atom is -0.756 e. The van der Waals surface area contributed by atoms with Crippen LogP contribution >= 0.6 is 7.82 Å². The molecule has 47 heavy (non-hydrogen) atoms. The average Bonchev–Trinajstić information content (AvgIpc) is 3.01. The van der Waals surface area contributed by atoms with Crippen molar-refractivity contribution >= 4 is 13.7 Å². The maximum Gasteiger partial charge on any atom is 0.268 e. The van der Waals surface area contributed by atoms with Crippen LogP contribution in [-0.4, -0.2) is 68.5 Å². The summed E-state index contributed by atoms with van der Waals surface area (Å²) in [6.07, 6.45) is 34.8. The van der Waals surface area contributed by atoms with Gasteiger partial charge in [-0.15, -0.1) is 0 Å². The number of amides is 1. The molecule has 9 heteroatoms. The van der Waals surface area contributed by atoms with E-state index in [-0.39, 0.29) is 12.5 Å². The summed E-state index contributed by atoms with van der Waals surface area (Å²) in [6, 6.07) is -0.903. The van der Waals surface area contributed by atoms with Crippen LogP contribution in [0.25, 0.3) is 0 Å². The fourth-order valence-electron chi connectivity index (χ4n) is 5.00. The third-order valence-electron chi connectivity index (χ3n) is 8.08. The molecule has 0 aromatic rings. The summed E-state index contributed by atoms with van der Waals surface area (Å²) in [5, 5.41) is 13.6. The SMILES string of the molecule is CCCCCCCC/C=C/CC/C=C/CC/C=C/C(O)C(COP(=O)([O-])OCC[N+](C)(C)C)NC(=O)CCCCCCCCCCC. The number of allylic oxidation sites excluding steroid dienone is 5. The molecule has 0 rings (SSSR count). The molecule has 0 spiro atoms. The lowest BCUT2D eigenvalue weighted by molar-refractivity contribution is -0.870. The average molecular weight is 685 g/mol. The van der Waals surface area contributed by atoms with Gasteiger partial charge in [0, 0.05) is 6.42 Å². The summed E-state index contributed by atoms with van der Waals surface area (Å²) in [6.45, 7) is 4.55. The van der Waals surface area contributed by atoms with Crippen LogP contribution in [0.1, 0.15) is 149 Å². The number of hydrogen-bond donors (Lipinski definition) is 2. The zero-order valence-electron chi connectivity index (χ0n) is 31.0. The lowest BCUT2D eigenvalue weighted by atomic mass is 10.1. The van der Waals surface area contributed by atoms with E-state index in [1.54, 1.807) is 6.08 Å². The second-order valence-electron chi connectivity index (χ2n) is 13.9. The molecule has 0 fully saturated rings. The first-order valence-electron chi connectivity index (χ1n) is 18.9. The van der Waals surface area contributed by atoms with Crippen molar-refractivity contribution in [2.75, 3.05) is 40.9 Å². The van der Waals surface area contributed by atoms with Crippen LogP contribution in [0.4, 0.5) is 0 Å². The van der Waals surface area contributed by atoms with E-state index < -0.39 is 26.6 Å². The van der Waals surface area contributed by atoms with Gasteiger partial charge < -0.3 is 28.8 Å². The zero-order valence-corrected chi connectivity index (χ0v) is 31.9. The Kier molecular flexibility index (Phi) is 29.9. The van der Waals surface area contributed by atoms with Crippen molar-refractivity contribution in [1.29, 1.82) is 0 Å². The van der Waals surface area contributed by atoms with Gasteiger partial charge in [-0.3, -0.25) is 9.36 Å². The summed E-state index contributed by atoms with van der Waals surface area (Å²) in [5.74, 6) is -0.218. The summed E-state index contributed by atoms with van der Waals surface area (Å²) in [7, 11) is 1.23. The molecule has 0 saturated carbocycles. The maximum atomic E-state index is 12.7. The highest BCUT2D eigenvalue weighted by Crippen LogP contribution is 2.38. The van der Waals surface area contributed by atoms with Gasteiger partial charge in [0.25, 0.3) is 7.82 Å². The van der Waals surface area contributed by atoms with Crippen molar-refractivity contribution in [1.82, 2.24) is 5.32 Å². The van der Waals surface area contributed by atoms with E-state index in [1.165, 1.54) is 83.5 Å². The van der Waals surface area contributed by atoms with E-state index in [9.17, 15) is 19.4 Å². The van der Waals surface area contributed by atoms with Gasteiger partial charge in [-0.05, 0) is 44.9 Å². The Bertz CT molecular complexity index is 871. The molecule has 0 heterocycles. The fourth-order valence-corrected chi connectivity index (χ4v) is 5.73. The Morgan fingerprint density at radius 2 is 1.19 bits per heavy atom. The molecule has 0 radical (unpaired) electrons. The first kappa shape index (κ1) is 45.7. The highest BCUT2D eigenvalue weighted by atomic mass is 31.2. The lowest BCUT2D eigenvalue weighted by Crippen LogP contribution is -2.45. The maximum absolute atomic E-state index is 12.7. The monoisotopic (exact) mass is 685 g/mol. The second-order valence-corrected chi connectivity index (χ2v) is 15.3. The van der Waals surface area contributed by atoms with E-state index in [0.29, 0.717) is 17.4 Å². The number of hydrogen-bond acceptors (Lipinski definition) is 6. The van der Waals surface area contributed by atoms with Crippen molar-refractivity contribution in [3.05, 3.63) is 36.5 Å². The summed E-state index contributed by atoms with van der Waals surface area (Å²) >= 11 is 0. The van der Waals surface area contributed by atoms with Crippen molar-refractivity contribution in [2.24, 2.45) is 0 Å². The summed E-state index contributed by atoms with van der Waals surface area (Å²) < 4.78 is 23.0. The number of phosphoric ester groups is 1. The van der Waals surface area contributed by atoms with E-state index in [4.69, 9.17) is 9.05 Å². The summed E-state index contributed by atoms with van der Waals surface area (Å²) in [5.41, 5.74) is 0. The first-order valence-corrected chi connectivity index (χ1v) is 20.3. The number of quaternary nitrogens is 1. The van der Waals surface area contributed by atoms with Gasteiger partial charge >= 0.3 is 0 Å². The summed E-state index contributed by atoms with van der Waals surface area (Å²) in [4.78, 5) is 25.1. The normalized spacial score (nSPS) is 15.1. The molecule has 276 valence electrons. The second kappa shape index (κ2) is 30.8. The van der Waals surface area contributed by atoms with Crippen LogP contribution in [0.2, 0.25) is 0 Å². The van der Waals surface area contributed by atoms with Gasteiger partial charge in [0.15, 0.2) is 0 Å². The highest BCUT2D eigenvalue weighted by Gasteiger charge is 2.23. The number of carbonyl (C=O) groups excluding carboxylic acids is 1. The van der Waals surface area contributed by atoms with Crippen LogP contribution < -0.4 is 10.2 Å². The predicted octanol–water partition coefficient (Wildman–Crippen LogP) is 8.94. The number of phosphoric acid groups is 1. The Hall–Kier alpha value is -1.28. The van der Waals surface area contributed by atoms with E-state index in [2.05, 4.69) is 43.5 Å². The van der Waals surface area contributed by atoms with E-state index >= 15 is 0 Å². The highest BCUT2D eigenvalue weighted by molar-refractivity contribution is 7.45. The van der Waals surface area contributed by atoms with Gasteiger partial charge in [0.1, 0.15) is 13.2 Å². The van der Waals surface area contributed by atoms with Gasteiger partial charge in [0.05, 0.1) is 39.9 Å². The first-order chi connectivity index (χ1) is 22.5. The molecule has 0 aromatic heterocycles. The molecule has 0 aliphatic heterocycles. The van der Waals surface area contributed by atoms with Crippen molar-refractivity contribution in [2.45, 2.75) is 161 Å². The molecule has 1 amide bonds. The van der Waals surface area contributed by atoms with Crippen LogP contribution in [0.15, 0.2) is 36.5 Å². The molecule has 0 aliphatic rings. The molecule has 0 bridgehead atoms.